The topological polar surface area (TPSA) is 85.0 Å². The Kier molecular flexibility index (Phi) is 5.82. The summed E-state index contributed by atoms with van der Waals surface area (Å²) in [6.07, 6.45) is 3.43. The van der Waals surface area contributed by atoms with Crippen LogP contribution in [-0.2, 0) is 13.6 Å². The zero-order chi connectivity index (χ0) is 19.4. The van der Waals surface area contributed by atoms with E-state index in [9.17, 15) is 18.4 Å². The normalized spacial score (nSPS) is 15.3. The molecule has 146 valence electrons. The van der Waals surface area contributed by atoms with Crippen LogP contribution in [0.5, 0.6) is 0 Å². The molecule has 0 bridgehead atoms. The summed E-state index contributed by atoms with van der Waals surface area (Å²) in [7, 11) is 1.75. The molecule has 0 aliphatic carbocycles. The largest absolute Gasteiger partial charge is 0.352 e. The first kappa shape index (κ1) is 19.0. The van der Waals surface area contributed by atoms with E-state index >= 15 is 0 Å². The van der Waals surface area contributed by atoms with E-state index < -0.39 is 13.0 Å². The number of carbonyl (C=O) groups is 2. The number of carbonyl (C=O) groups excluding carboxylic acids is 2. The molecule has 1 aliphatic rings. The van der Waals surface area contributed by atoms with E-state index in [1.165, 1.54) is 18.5 Å². The van der Waals surface area contributed by atoms with E-state index in [1.807, 2.05) is 0 Å². The molecule has 27 heavy (non-hydrogen) atoms. The summed E-state index contributed by atoms with van der Waals surface area (Å²) in [5, 5.41) is 10.7. The number of hydrogen-bond acceptors (Lipinski definition) is 4. The quantitative estimate of drug-likeness (QED) is 0.815. The Balaban J connectivity index is 1.48. The van der Waals surface area contributed by atoms with Gasteiger partial charge < -0.3 is 10.2 Å². The molecule has 0 saturated carbocycles. The smallest absolute Gasteiger partial charge is 0.272 e. The molecule has 1 saturated heterocycles. The van der Waals surface area contributed by atoms with Crippen molar-refractivity contribution in [1.29, 1.82) is 0 Å². The van der Waals surface area contributed by atoms with Crippen LogP contribution in [0.1, 0.15) is 33.7 Å². The average molecular weight is 380 g/mol. The van der Waals surface area contributed by atoms with Gasteiger partial charge in [0.25, 0.3) is 18.2 Å². The van der Waals surface area contributed by atoms with Crippen LogP contribution in [0.15, 0.2) is 24.7 Å². The van der Waals surface area contributed by atoms with E-state index in [1.54, 1.807) is 22.8 Å². The van der Waals surface area contributed by atoms with Crippen molar-refractivity contribution in [3.05, 3.63) is 35.9 Å². The summed E-state index contributed by atoms with van der Waals surface area (Å²) in [5.41, 5.74) is 0.691. The van der Waals surface area contributed by atoms with Crippen molar-refractivity contribution in [2.75, 3.05) is 19.6 Å². The lowest BCUT2D eigenvalue weighted by molar-refractivity contribution is 0.0660. The van der Waals surface area contributed by atoms with E-state index in [0.717, 1.165) is 17.5 Å². The third-order valence-corrected chi connectivity index (χ3v) is 4.67. The van der Waals surface area contributed by atoms with Crippen LogP contribution >= 0.6 is 0 Å². The average Bonchev–Trinajstić information content (AvgIpc) is 3.28. The first-order chi connectivity index (χ1) is 12.9. The molecule has 0 unspecified atom stereocenters. The SMILES string of the molecule is Cn1cc(C(=O)NCC2CCN(C(=O)c3ccnn3CC(F)F)CC2)cn1. The van der Waals surface area contributed by atoms with Crippen molar-refractivity contribution in [2.24, 2.45) is 13.0 Å². The van der Waals surface area contributed by atoms with Crippen molar-refractivity contribution in [3.63, 3.8) is 0 Å². The van der Waals surface area contributed by atoms with Crippen LogP contribution in [0.25, 0.3) is 0 Å². The first-order valence-electron chi connectivity index (χ1n) is 8.80. The van der Waals surface area contributed by atoms with Crippen LogP contribution in [0.3, 0.4) is 0 Å². The Labute approximate surface area is 155 Å². The van der Waals surface area contributed by atoms with Crippen LogP contribution in [0.4, 0.5) is 8.78 Å². The van der Waals surface area contributed by atoms with Gasteiger partial charge in [0.1, 0.15) is 12.2 Å². The Bertz CT molecular complexity index is 795. The van der Waals surface area contributed by atoms with Crippen LogP contribution in [0.2, 0.25) is 0 Å². The fourth-order valence-corrected chi connectivity index (χ4v) is 3.17. The maximum Gasteiger partial charge on any atom is 0.272 e. The molecule has 0 aromatic carbocycles. The van der Waals surface area contributed by atoms with Gasteiger partial charge in [-0.2, -0.15) is 10.2 Å². The highest BCUT2D eigenvalue weighted by atomic mass is 19.3. The minimum atomic E-state index is -2.56. The van der Waals surface area contributed by atoms with Gasteiger partial charge in [0, 0.05) is 39.1 Å². The number of amides is 2. The number of aromatic nitrogens is 4. The molecule has 0 radical (unpaired) electrons. The summed E-state index contributed by atoms with van der Waals surface area (Å²) in [5.74, 6) is -0.191. The van der Waals surface area contributed by atoms with Gasteiger partial charge in [0.2, 0.25) is 0 Å². The lowest BCUT2D eigenvalue weighted by atomic mass is 9.96. The molecule has 2 aromatic rings. The first-order valence-corrected chi connectivity index (χ1v) is 8.80. The number of rotatable bonds is 6. The number of aryl methyl sites for hydroxylation is 1. The maximum atomic E-state index is 12.6. The van der Waals surface area contributed by atoms with Gasteiger partial charge in [0.15, 0.2) is 0 Å². The number of piperidine rings is 1. The van der Waals surface area contributed by atoms with Gasteiger partial charge in [-0.25, -0.2) is 8.78 Å². The summed E-state index contributed by atoms with van der Waals surface area (Å²) in [6, 6.07) is 1.46. The predicted molar refractivity (Wildman–Crippen MR) is 92.4 cm³/mol. The van der Waals surface area contributed by atoms with Crippen LogP contribution < -0.4 is 5.32 Å². The molecule has 1 N–H and O–H groups in total. The Morgan fingerprint density at radius 3 is 2.67 bits per heavy atom. The zero-order valence-electron chi connectivity index (χ0n) is 15.0. The second kappa shape index (κ2) is 8.28. The summed E-state index contributed by atoms with van der Waals surface area (Å²) in [6.45, 7) is 0.974. The molecule has 0 spiro atoms. The lowest BCUT2D eigenvalue weighted by Crippen LogP contribution is -2.42. The third kappa shape index (κ3) is 4.69. The highest BCUT2D eigenvalue weighted by Crippen LogP contribution is 2.19. The van der Waals surface area contributed by atoms with Gasteiger partial charge in [-0.15, -0.1) is 0 Å². The van der Waals surface area contributed by atoms with Crippen LogP contribution in [-0.4, -0.2) is 62.3 Å². The van der Waals surface area contributed by atoms with Gasteiger partial charge in [-0.05, 0) is 24.8 Å². The van der Waals surface area contributed by atoms with E-state index in [4.69, 9.17) is 0 Å². The van der Waals surface area contributed by atoms with Crippen molar-refractivity contribution in [1.82, 2.24) is 29.8 Å². The number of nitrogens with one attached hydrogen (secondary N) is 1. The number of nitrogens with zero attached hydrogens (tertiary/aromatic N) is 5. The van der Waals surface area contributed by atoms with Crippen molar-refractivity contribution in [3.8, 4) is 0 Å². The molecule has 8 nitrogen and oxygen atoms in total. The number of alkyl halides is 2. The molecule has 2 amide bonds. The second-order valence-corrected chi connectivity index (χ2v) is 6.64. The number of likely N-dealkylation sites (tertiary alicyclic amines) is 1. The summed E-state index contributed by atoms with van der Waals surface area (Å²) < 4.78 is 27.8. The second-order valence-electron chi connectivity index (χ2n) is 6.64. The molecule has 10 heteroatoms. The predicted octanol–water partition coefficient (Wildman–Crippen LogP) is 1.16. The van der Waals surface area contributed by atoms with Crippen molar-refractivity contribution in [2.45, 2.75) is 25.8 Å². The van der Waals surface area contributed by atoms with Gasteiger partial charge in [0.05, 0.1) is 11.8 Å². The Hall–Kier alpha value is -2.78. The highest BCUT2D eigenvalue weighted by Gasteiger charge is 2.26. The third-order valence-electron chi connectivity index (χ3n) is 4.67. The summed E-state index contributed by atoms with van der Waals surface area (Å²) in [4.78, 5) is 26.3. The molecule has 1 fully saturated rings. The molecule has 0 atom stereocenters. The standard InChI is InChI=1S/C17H22F2N6O2/c1-23-10-13(9-22-23)16(26)20-8-12-3-6-24(7-4-12)17(27)14-2-5-21-25(14)11-15(18)19/h2,5,9-10,12,15H,3-4,6-8,11H2,1H3,(H,20,26). The van der Waals surface area contributed by atoms with E-state index in [-0.39, 0.29) is 23.4 Å². The molecular weight excluding hydrogens is 358 g/mol. The summed E-state index contributed by atoms with van der Waals surface area (Å²) >= 11 is 0. The van der Waals surface area contributed by atoms with Gasteiger partial charge in [-0.1, -0.05) is 0 Å². The maximum absolute atomic E-state index is 12.6. The van der Waals surface area contributed by atoms with Gasteiger partial charge in [-0.3, -0.25) is 19.0 Å². The van der Waals surface area contributed by atoms with Crippen molar-refractivity contribution < 1.29 is 18.4 Å². The number of halogens is 2. The molecule has 3 rings (SSSR count). The minimum Gasteiger partial charge on any atom is -0.352 e. The fraction of sp³-hybridized carbons (Fsp3) is 0.529. The van der Waals surface area contributed by atoms with Crippen LogP contribution in [0, 0.1) is 5.92 Å². The molecule has 1 aliphatic heterocycles. The van der Waals surface area contributed by atoms with Gasteiger partial charge >= 0.3 is 0 Å². The Morgan fingerprint density at radius 1 is 1.30 bits per heavy atom. The lowest BCUT2D eigenvalue weighted by Gasteiger charge is -2.32. The highest BCUT2D eigenvalue weighted by molar-refractivity contribution is 5.93. The Morgan fingerprint density at radius 2 is 2.04 bits per heavy atom. The van der Waals surface area contributed by atoms with Crippen molar-refractivity contribution >= 4 is 11.8 Å². The molecule has 3 heterocycles. The minimum absolute atomic E-state index is 0.169. The van der Waals surface area contributed by atoms with E-state index in [2.05, 4.69) is 15.5 Å². The monoisotopic (exact) mass is 380 g/mol. The number of hydrogen-bond donors (Lipinski definition) is 1. The van der Waals surface area contributed by atoms with E-state index in [0.29, 0.717) is 25.2 Å². The molecule has 2 aromatic heterocycles. The fourth-order valence-electron chi connectivity index (χ4n) is 3.17. The zero-order valence-corrected chi connectivity index (χ0v) is 15.0. The molecular formula is C17H22F2N6O2.